The lowest BCUT2D eigenvalue weighted by Gasteiger charge is -2.26. The van der Waals surface area contributed by atoms with Crippen molar-refractivity contribution in [2.75, 3.05) is 24.0 Å². The summed E-state index contributed by atoms with van der Waals surface area (Å²) in [6.45, 7) is 3.82. The van der Waals surface area contributed by atoms with Crippen molar-refractivity contribution in [3.8, 4) is 5.75 Å². The van der Waals surface area contributed by atoms with E-state index < -0.39 is 15.9 Å². The standard InChI is InChI=1S/C24H25ClN2O4S/c1-18-11-13-20(14-12-18)31-16-15-26-24(28)17-27(23-10-6-9-22(25)19(23)2)32(29,30)21-7-4-3-5-8-21/h3-14H,15-17H2,1-2H3,(H,26,28). The van der Waals surface area contributed by atoms with Gasteiger partial charge in [-0.3, -0.25) is 9.10 Å². The van der Waals surface area contributed by atoms with Gasteiger partial charge in [0.25, 0.3) is 10.0 Å². The van der Waals surface area contributed by atoms with Gasteiger partial charge >= 0.3 is 0 Å². The molecule has 0 spiro atoms. The Bertz CT molecular complexity index is 1170. The van der Waals surface area contributed by atoms with Crippen LogP contribution in [-0.2, 0) is 14.8 Å². The minimum atomic E-state index is -3.98. The Morgan fingerprint density at radius 1 is 0.969 bits per heavy atom. The molecule has 1 amide bonds. The maximum Gasteiger partial charge on any atom is 0.264 e. The summed E-state index contributed by atoms with van der Waals surface area (Å²) in [6.07, 6.45) is 0. The first-order valence-electron chi connectivity index (χ1n) is 10.1. The van der Waals surface area contributed by atoms with Crippen LogP contribution in [0.4, 0.5) is 5.69 Å². The van der Waals surface area contributed by atoms with Crippen molar-refractivity contribution < 1.29 is 17.9 Å². The van der Waals surface area contributed by atoms with E-state index in [9.17, 15) is 13.2 Å². The molecule has 3 aromatic carbocycles. The van der Waals surface area contributed by atoms with E-state index in [0.717, 1.165) is 9.87 Å². The number of sulfonamides is 1. The number of amides is 1. The first-order chi connectivity index (χ1) is 15.3. The summed E-state index contributed by atoms with van der Waals surface area (Å²) in [4.78, 5) is 12.7. The number of carbonyl (C=O) groups is 1. The number of benzene rings is 3. The summed E-state index contributed by atoms with van der Waals surface area (Å²) in [7, 11) is -3.98. The normalized spacial score (nSPS) is 11.1. The molecule has 168 valence electrons. The van der Waals surface area contributed by atoms with Crippen molar-refractivity contribution in [1.29, 1.82) is 0 Å². The first-order valence-corrected chi connectivity index (χ1v) is 11.9. The van der Waals surface area contributed by atoms with Crippen LogP contribution in [-0.4, -0.2) is 34.0 Å². The zero-order chi connectivity index (χ0) is 23.1. The predicted octanol–water partition coefficient (Wildman–Crippen LogP) is 4.35. The van der Waals surface area contributed by atoms with Crippen molar-refractivity contribution in [2.45, 2.75) is 18.7 Å². The maximum absolute atomic E-state index is 13.4. The van der Waals surface area contributed by atoms with Gasteiger partial charge in [0, 0.05) is 5.02 Å². The van der Waals surface area contributed by atoms with Gasteiger partial charge in [0.2, 0.25) is 5.91 Å². The van der Waals surface area contributed by atoms with Gasteiger partial charge in [-0.05, 0) is 55.8 Å². The highest BCUT2D eigenvalue weighted by Gasteiger charge is 2.28. The lowest BCUT2D eigenvalue weighted by atomic mass is 10.2. The highest BCUT2D eigenvalue weighted by atomic mass is 35.5. The Balaban J connectivity index is 1.73. The molecule has 3 aromatic rings. The molecule has 0 bridgehead atoms. The van der Waals surface area contributed by atoms with Gasteiger partial charge in [-0.25, -0.2) is 8.42 Å². The Morgan fingerprint density at radius 2 is 1.66 bits per heavy atom. The maximum atomic E-state index is 13.4. The van der Waals surface area contributed by atoms with Gasteiger partial charge < -0.3 is 10.1 Å². The number of anilines is 1. The molecule has 6 nitrogen and oxygen atoms in total. The zero-order valence-electron chi connectivity index (χ0n) is 17.9. The minimum absolute atomic E-state index is 0.0925. The molecule has 8 heteroatoms. The molecule has 0 fully saturated rings. The Labute approximate surface area is 193 Å². The molecule has 32 heavy (non-hydrogen) atoms. The smallest absolute Gasteiger partial charge is 0.264 e. The third-order valence-corrected chi connectivity index (χ3v) is 7.02. The fourth-order valence-electron chi connectivity index (χ4n) is 3.07. The molecule has 0 unspecified atom stereocenters. The topological polar surface area (TPSA) is 75.7 Å². The molecule has 0 aliphatic rings. The number of carbonyl (C=O) groups excluding carboxylic acids is 1. The summed E-state index contributed by atoms with van der Waals surface area (Å²) >= 11 is 6.22. The van der Waals surface area contributed by atoms with E-state index in [4.69, 9.17) is 16.3 Å². The number of hydrogen-bond acceptors (Lipinski definition) is 4. The predicted molar refractivity (Wildman–Crippen MR) is 127 cm³/mol. The van der Waals surface area contributed by atoms with Crippen LogP contribution in [0.15, 0.2) is 77.7 Å². The van der Waals surface area contributed by atoms with Crippen LogP contribution in [0.3, 0.4) is 0 Å². The Kier molecular flexibility index (Phi) is 7.77. The Hall–Kier alpha value is -3.03. The van der Waals surface area contributed by atoms with Gasteiger partial charge in [0.15, 0.2) is 0 Å². The molecule has 0 heterocycles. The molecule has 0 saturated carbocycles. The summed E-state index contributed by atoms with van der Waals surface area (Å²) in [5.74, 6) is 0.254. The number of halogens is 1. The lowest BCUT2D eigenvalue weighted by Crippen LogP contribution is -2.42. The summed E-state index contributed by atoms with van der Waals surface area (Å²) < 4.78 is 33.4. The molecular weight excluding hydrogens is 448 g/mol. The number of nitrogens with zero attached hydrogens (tertiary/aromatic N) is 1. The van der Waals surface area contributed by atoms with Crippen LogP contribution in [0.25, 0.3) is 0 Å². The third kappa shape index (κ3) is 5.81. The number of ether oxygens (including phenoxy) is 1. The van der Waals surface area contributed by atoms with Crippen molar-refractivity contribution in [1.82, 2.24) is 5.32 Å². The van der Waals surface area contributed by atoms with Crippen molar-refractivity contribution in [3.63, 3.8) is 0 Å². The van der Waals surface area contributed by atoms with Crippen LogP contribution >= 0.6 is 11.6 Å². The van der Waals surface area contributed by atoms with Gasteiger partial charge in [-0.15, -0.1) is 0 Å². The molecular formula is C24H25ClN2O4S. The number of rotatable bonds is 9. The van der Waals surface area contributed by atoms with Gasteiger partial charge in [-0.2, -0.15) is 0 Å². The summed E-state index contributed by atoms with van der Waals surface area (Å²) in [5, 5.41) is 3.14. The number of hydrogen-bond donors (Lipinski definition) is 1. The van der Waals surface area contributed by atoms with Crippen molar-refractivity contribution in [3.05, 3.63) is 88.9 Å². The largest absolute Gasteiger partial charge is 0.492 e. The fraction of sp³-hybridized carbons (Fsp3) is 0.208. The van der Waals surface area contributed by atoms with E-state index in [-0.39, 0.29) is 24.6 Å². The van der Waals surface area contributed by atoms with Gasteiger partial charge in [-0.1, -0.05) is 53.6 Å². The van der Waals surface area contributed by atoms with Gasteiger partial charge in [0.1, 0.15) is 18.9 Å². The first kappa shape index (κ1) is 23.6. The zero-order valence-corrected chi connectivity index (χ0v) is 19.5. The van der Waals surface area contributed by atoms with Crippen LogP contribution in [0.1, 0.15) is 11.1 Å². The summed E-state index contributed by atoms with van der Waals surface area (Å²) in [6, 6.07) is 20.6. The highest BCUT2D eigenvalue weighted by molar-refractivity contribution is 7.92. The van der Waals surface area contributed by atoms with E-state index in [0.29, 0.717) is 22.0 Å². The molecule has 0 aromatic heterocycles. The average Bonchev–Trinajstić information content (AvgIpc) is 2.79. The van der Waals surface area contributed by atoms with Crippen molar-refractivity contribution in [2.24, 2.45) is 0 Å². The van der Waals surface area contributed by atoms with Crippen LogP contribution < -0.4 is 14.4 Å². The number of nitrogens with one attached hydrogen (secondary N) is 1. The second-order valence-corrected chi connectivity index (χ2v) is 9.49. The van der Waals surface area contributed by atoms with Crippen LogP contribution in [0, 0.1) is 13.8 Å². The van der Waals surface area contributed by atoms with E-state index in [1.807, 2.05) is 31.2 Å². The second-order valence-electron chi connectivity index (χ2n) is 7.22. The molecule has 0 atom stereocenters. The summed E-state index contributed by atoms with van der Waals surface area (Å²) in [5.41, 5.74) is 2.05. The van der Waals surface area contributed by atoms with Gasteiger partial charge in [0.05, 0.1) is 17.1 Å². The third-order valence-electron chi connectivity index (χ3n) is 4.84. The molecule has 0 aliphatic carbocycles. The van der Waals surface area contributed by atoms with E-state index in [2.05, 4.69) is 5.32 Å². The molecule has 0 saturated heterocycles. The monoisotopic (exact) mass is 472 g/mol. The molecule has 3 rings (SSSR count). The lowest BCUT2D eigenvalue weighted by molar-refractivity contribution is -0.119. The van der Waals surface area contributed by atoms with E-state index in [1.165, 1.54) is 12.1 Å². The fourth-order valence-corrected chi connectivity index (χ4v) is 4.73. The average molecular weight is 473 g/mol. The molecule has 0 radical (unpaired) electrons. The number of aryl methyl sites for hydroxylation is 1. The van der Waals surface area contributed by atoms with Crippen LogP contribution in [0.5, 0.6) is 5.75 Å². The Morgan fingerprint density at radius 3 is 2.34 bits per heavy atom. The second kappa shape index (κ2) is 10.5. The minimum Gasteiger partial charge on any atom is -0.492 e. The van der Waals surface area contributed by atoms with Crippen LogP contribution in [0.2, 0.25) is 5.02 Å². The highest BCUT2D eigenvalue weighted by Crippen LogP contribution is 2.30. The van der Waals surface area contributed by atoms with E-state index >= 15 is 0 Å². The molecule has 1 N–H and O–H groups in total. The molecule has 0 aliphatic heterocycles. The van der Waals surface area contributed by atoms with E-state index in [1.54, 1.807) is 43.3 Å². The SMILES string of the molecule is Cc1ccc(OCCNC(=O)CN(c2cccc(Cl)c2C)S(=O)(=O)c2ccccc2)cc1. The quantitative estimate of drug-likeness (QED) is 0.470. The van der Waals surface area contributed by atoms with Crippen molar-refractivity contribution >= 4 is 33.2 Å².